The Hall–Kier alpha value is -2.65. The van der Waals surface area contributed by atoms with Crippen LogP contribution >= 0.6 is 0 Å². The number of morpholine rings is 1. The number of nitrogens with zero attached hydrogens (tertiary/aromatic N) is 4. The van der Waals surface area contributed by atoms with E-state index in [1.54, 1.807) is 15.6 Å². The lowest BCUT2D eigenvalue weighted by atomic mass is 10.1. The van der Waals surface area contributed by atoms with Gasteiger partial charge in [-0.3, -0.25) is 19.2 Å². The second-order valence-corrected chi connectivity index (χ2v) is 7.68. The van der Waals surface area contributed by atoms with Crippen molar-refractivity contribution in [2.24, 2.45) is 0 Å². The Morgan fingerprint density at radius 1 is 1.10 bits per heavy atom. The van der Waals surface area contributed by atoms with Gasteiger partial charge in [-0.25, -0.2) is 0 Å². The lowest BCUT2D eigenvalue weighted by Crippen LogP contribution is -2.41. The van der Waals surface area contributed by atoms with Crippen LogP contribution in [0, 0.1) is 0 Å². The molecule has 1 N–H and O–H groups in total. The number of nitrogens with one attached hydrogen (secondary N) is 1. The number of ether oxygens (including phenoxy) is 1. The van der Waals surface area contributed by atoms with E-state index in [2.05, 4.69) is 15.3 Å². The average Bonchev–Trinajstić information content (AvgIpc) is 3.41. The van der Waals surface area contributed by atoms with Crippen molar-refractivity contribution in [2.45, 2.75) is 39.3 Å². The van der Waals surface area contributed by atoms with Crippen LogP contribution < -0.4 is 5.32 Å². The first kappa shape index (κ1) is 20.6. The number of carbonyl (C=O) groups excluding carboxylic acids is 2. The minimum absolute atomic E-state index is 0.154. The van der Waals surface area contributed by atoms with E-state index in [1.165, 1.54) is 25.5 Å². The third-order valence-corrected chi connectivity index (χ3v) is 5.60. The molecule has 0 aromatic carbocycles. The molecule has 9 heteroatoms. The maximum absolute atomic E-state index is 13.0. The summed E-state index contributed by atoms with van der Waals surface area (Å²) < 4.78 is 12.7. The number of hydrogen-bond acceptors (Lipinski definition) is 6. The zero-order valence-electron chi connectivity index (χ0n) is 17.4. The molecule has 0 radical (unpaired) electrons. The van der Waals surface area contributed by atoms with Gasteiger partial charge in [0.25, 0.3) is 11.8 Å². The molecular weight excluding hydrogens is 386 g/mol. The lowest BCUT2D eigenvalue weighted by Gasteiger charge is -2.27. The molecule has 4 heterocycles. The van der Waals surface area contributed by atoms with Crippen molar-refractivity contribution in [3.63, 3.8) is 0 Å². The minimum Gasteiger partial charge on any atom is -0.455 e. The molecule has 0 spiro atoms. The van der Waals surface area contributed by atoms with Gasteiger partial charge in [-0.1, -0.05) is 6.42 Å². The Morgan fingerprint density at radius 3 is 2.60 bits per heavy atom. The van der Waals surface area contributed by atoms with Gasteiger partial charge < -0.3 is 19.4 Å². The Bertz CT molecular complexity index is 878. The number of amides is 2. The van der Waals surface area contributed by atoms with E-state index in [0.29, 0.717) is 50.8 Å². The predicted octanol–water partition coefficient (Wildman–Crippen LogP) is 2.21. The van der Waals surface area contributed by atoms with E-state index < -0.39 is 0 Å². The summed E-state index contributed by atoms with van der Waals surface area (Å²) in [5.74, 6) is 0.469. The highest BCUT2D eigenvalue weighted by Gasteiger charge is 2.26. The van der Waals surface area contributed by atoms with Crippen LogP contribution in [0.3, 0.4) is 0 Å². The Labute approximate surface area is 175 Å². The Kier molecular flexibility index (Phi) is 6.49. The summed E-state index contributed by atoms with van der Waals surface area (Å²) >= 11 is 0. The number of anilines is 1. The van der Waals surface area contributed by atoms with Gasteiger partial charge in [0.2, 0.25) is 0 Å². The summed E-state index contributed by atoms with van der Waals surface area (Å²) in [7, 11) is 0. The molecule has 0 bridgehead atoms. The van der Waals surface area contributed by atoms with Gasteiger partial charge in [-0.15, -0.1) is 0 Å². The first-order valence-electron chi connectivity index (χ1n) is 10.7. The lowest BCUT2D eigenvalue weighted by molar-refractivity contribution is 0.0295. The molecule has 2 amide bonds. The molecule has 30 heavy (non-hydrogen) atoms. The standard InChI is InChI=1S/C21H29N5O4/c1-2-26-19(21(28)25-10-12-29-13-11-25)17(14-22-26)23-20(27)18-7-6-16(30-18)15-24-8-4-3-5-9-24/h6-7,14H,2-5,8-13,15H2,1H3,(H,23,27). The molecule has 0 saturated carbocycles. The monoisotopic (exact) mass is 415 g/mol. The molecule has 9 nitrogen and oxygen atoms in total. The second-order valence-electron chi connectivity index (χ2n) is 7.68. The van der Waals surface area contributed by atoms with E-state index in [1.807, 2.05) is 13.0 Å². The molecule has 0 atom stereocenters. The van der Waals surface area contributed by atoms with Crippen LogP contribution in [0.5, 0.6) is 0 Å². The third-order valence-electron chi connectivity index (χ3n) is 5.60. The largest absolute Gasteiger partial charge is 0.455 e. The van der Waals surface area contributed by atoms with Crippen molar-refractivity contribution in [3.05, 3.63) is 35.5 Å². The number of likely N-dealkylation sites (tertiary alicyclic amines) is 1. The van der Waals surface area contributed by atoms with Gasteiger partial charge in [0.1, 0.15) is 11.5 Å². The fourth-order valence-electron chi connectivity index (χ4n) is 3.97. The molecule has 162 valence electrons. The summed E-state index contributed by atoms with van der Waals surface area (Å²) in [6, 6.07) is 3.53. The number of rotatable bonds is 6. The molecule has 0 unspecified atom stereocenters. The highest BCUT2D eigenvalue weighted by Crippen LogP contribution is 2.21. The van der Waals surface area contributed by atoms with Crippen LogP contribution in [0.1, 0.15) is 53.0 Å². The highest BCUT2D eigenvalue weighted by molar-refractivity contribution is 6.07. The number of hydrogen-bond donors (Lipinski definition) is 1. The first-order chi connectivity index (χ1) is 14.7. The Morgan fingerprint density at radius 2 is 1.87 bits per heavy atom. The molecule has 0 aliphatic carbocycles. The van der Waals surface area contributed by atoms with Crippen LogP contribution in [-0.4, -0.2) is 70.8 Å². The number of furan rings is 1. The summed E-state index contributed by atoms with van der Waals surface area (Å²) in [6.45, 7) is 7.35. The SMILES string of the molecule is CCn1ncc(NC(=O)c2ccc(CN3CCCCC3)o2)c1C(=O)N1CCOCC1. The van der Waals surface area contributed by atoms with E-state index in [9.17, 15) is 9.59 Å². The van der Waals surface area contributed by atoms with E-state index in [0.717, 1.165) is 18.8 Å². The van der Waals surface area contributed by atoms with Gasteiger partial charge >= 0.3 is 0 Å². The van der Waals surface area contributed by atoms with Crippen LogP contribution in [-0.2, 0) is 17.8 Å². The minimum atomic E-state index is -0.383. The fourth-order valence-corrected chi connectivity index (χ4v) is 3.97. The molecule has 4 rings (SSSR count). The van der Waals surface area contributed by atoms with E-state index in [4.69, 9.17) is 9.15 Å². The normalized spacial score (nSPS) is 17.8. The summed E-state index contributed by atoms with van der Waals surface area (Å²) in [4.78, 5) is 29.9. The molecule has 2 aromatic rings. The van der Waals surface area contributed by atoms with Crippen LogP contribution in [0.15, 0.2) is 22.7 Å². The van der Waals surface area contributed by atoms with E-state index in [-0.39, 0.29) is 17.6 Å². The number of aromatic nitrogens is 2. The predicted molar refractivity (Wildman–Crippen MR) is 110 cm³/mol. The fraction of sp³-hybridized carbons (Fsp3) is 0.571. The average molecular weight is 415 g/mol. The maximum atomic E-state index is 13.0. The summed E-state index contributed by atoms with van der Waals surface area (Å²) in [6.07, 6.45) is 5.21. The van der Waals surface area contributed by atoms with Gasteiger partial charge in [0.05, 0.1) is 31.6 Å². The highest BCUT2D eigenvalue weighted by atomic mass is 16.5. The van der Waals surface area contributed by atoms with Gasteiger partial charge in [-0.2, -0.15) is 5.10 Å². The molecule has 2 aromatic heterocycles. The van der Waals surface area contributed by atoms with Crippen molar-refractivity contribution in [2.75, 3.05) is 44.7 Å². The third kappa shape index (κ3) is 4.57. The van der Waals surface area contributed by atoms with Gasteiger partial charge in [0.15, 0.2) is 5.76 Å². The Balaban J connectivity index is 1.45. The molecule has 2 fully saturated rings. The zero-order valence-corrected chi connectivity index (χ0v) is 17.4. The van der Waals surface area contributed by atoms with Gasteiger partial charge in [-0.05, 0) is 45.0 Å². The summed E-state index contributed by atoms with van der Waals surface area (Å²) in [5, 5.41) is 7.08. The second kappa shape index (κ2) is 9.44. The van der Waals surface area contributed by atoms with Crippen molar-refractivity contribution in [1.29, 1.82) is 0 Å². The topological polar surface area (TPSA) is 92.8 Å². The molecule has 2 aliphatic heterocycles. The number of piperidine rings is 1. The van der Waals surface area contributed by atoms with Crippen molar-refractivity contribution in [1.82, 2.24) is 19.6 Å². The molecule has 2 aliphatic rings. The maximum Gasteiger partial charge on any atom is 0.291 e. The van der Waals surface area contributed by atoms with Crippen LogP contribution in [0.25, 0.3) is 0 Å². The van der Waals surface area contributed by atoms with Crippen molar-refractivity contribution in [3.8, 4) is 0 Å². The van der Waals surface area contributed by atoms with Gasteiger partial charge in [0, 0.05) is 19.6 Å². The zero-order chi connectivity index (χ0) is 20.9. The number of aryl methyl sites for hydroxylation is 1. The quantitative estimate of drug-likeness (QED) is 0.778. The smallest absolute Gasteiger partial charge is 0.291 e. The molecule has 2 saturated heterocycles. The summed E-state index contributed by atoms with van der Waals surface area (Å²) in [5.41, 5.74) is 0.778. The van der Waals surface area contributed by atoms with Crippen LogP contribution in [0.2, 0.25) is 0 Å². The van der Waals surface area contributed by atoms with Crippen molar-refractivity contribution < 1.29 is 18.7 Å². The molecular formula is C21H29N5O4. The van der Waals surface area contributed by atoms with Crippen LogP contribution in [0.4, 0.5) is 5.69 Å². The number of carbonyl (C=O) groups is 2. The first-order valence-corrected chi connectivity index (χ1v) is 10.7. The van der Waals surface area contributed by atoms with Crippen molar-refractivity contribution >= 4 is 17.5 Å². The van der Waals surface area contributed by atoms with E-state index >= 15 is 0 Å².